The van der Waals surface area contributed by atoms with Crippen LogP contribution in [0.3, 0.4) is 0 Å². The van der Waals surface area contributed by atoms with E-state index in [4.69, 9.17) is 0 Å². The van der Waals surface area contributed by atoms with Crippen molar-refractivity contribution in [2.24, 2.45) is 11.8 Å². The Labute approximate surface area is 114 Å². The highest BCUT2D eigenvalue weighted by atomic mass is 32.1. The maximum atomic E-state index is 12.2. The summed E-state index contributed by atoms with van der Waals surface area (Å²) in [5, 5.41) is 0. The average Bonchev–Trinajstić information content (AvgIpc) is 2.92. The molecule has 3 heteroatoms. The molecule has 1 aliphatic heterocycles. The molecule has 1 saturated heterocycles. The van der Waals surface area contributed by atoms with Gasteiger partial charge in [-0.15, -0.1) is 12.6 Å². The first-order valence-electron chi connectivity index (χ1n) is 6.78. The lowest BCUT2D eigenvalue weighted by Crippen LogP contribution is -2.30. The minimum Gasteiger partial charge on any atom is -0.342 e. The van der Waals surface area contributed by atoms with E-state index in [9.17, 15) is 4.79 Å². The van der Waals surface area contributed by atoms with Crippen molar-refractivity contribution in [2.75, 3.05) is 13.1 Å². The molecule has 1 aliphatic carbocycles. The Morgan fingerprint density at radius 3 is 2.39 bits per heavy atom. The van der Waals surface area contributed by atoms with Gasteiger partial charge in [-0.25, -0.2) is 0 Å². The van der Waals surface area contributed by atoms with E-state index in [1.807, 2.05) is 24.3 Å². The van der Waals surface area contributed by atoms with Gasteiger partial charge >= 0.3 is 0 Å². The van der Waals surface area contributed by atoms with Crippen LogP contribution in [0.15, 0.2) is 29.2 Å². The Kier molecular flexibility index (Phi) is 3.33. The highest BCUT2D eigenvalue weighted by Gasteiger charge is 2.37. The molecule has 1 amide bonds. The summed E-state index contributed by atoms with van der Waals surface area (Å²) < 4.78 is 0. The van der Waals surface area contributed by atoms with Crippen LogP contribution in [-0.4, -0.2) is 23.9 Å². The van der Waals surface area contributed by atoms with Crippen molar-refractivity contribution in [1.82, 2.24) is 4.90 Å². The van der Waals surface area contributed by atoms with Gasteiger partial charge < -0.3 is 4.90 Å². The molecule has 2 atom stereocenters. The summed E-state index contributed by atoms with van der Waals surface area (Å²) in [6, 6.07) is 7.89. The minimum absolute atomic E-state index is 0.288. The van der Waals surface area contributed by atoms with Crippen molar-refractivity contribution in [1.29, 1.82) is 0 Å². The van der Waals surface area contributed by atoms with Crippen LogP contribution in [0.4, 0.5) is 0 Å². The molecule has 1 aromatic carbocycles. The Morgan fingerprint density at radius 2 is 1.78 bits per heavy atom. The van der Waals surface area contributed by atoms with Crippen molar-refractivity contribution in [3.8, 4) is 0 Å². The van der Waals surface area contributed by atoms with Gasteiger partial charge in [0.1, 0.15) is 0 Å². The molecule has 0 N–H and O–H groups in total. The number of hydrogen-bond acceptors (Lipinski definition) is 2. The fourth-order valence-corrected chi connectivity index (χ4v) is 3.49. The van der Waals surface area contributed by atoms with Crippen molar-refractivity contribution in [3.05, 3.63) is 29.8 Å². The minimum atomic E-state index is 0.288. The van der Waals surface area contributed by atoms with E-state index in [0.29, 0.717) is 6.42 Å². The predicted octanol–water partition coefficient (Wildman–Crippen LogP) is 2.78. The van der Waals surface area contributed by atoms with Crippen LogP contribution in [0.5, 0.6) is 0 Å². The van der Waals surface area contributed by atoms with E-state index in [-0.39, 0.29) is 5.91 Å². The van der Waals surface area contributed by atoms with E-state index in [0.717, 1.165) is 35.4 Å². The number of benzene rings is 1. The van der Waals surface area contributed by atoms with Gasteiger partial charge in [-0.1, -0.05) is 18.6 Å². The number of amides is 1. The summed E-state index contributed by atoms with van der Waals surface area (Å²) in [5.74, 6) is 1.86. The summed E-state index contributed by atoms with van der Waals surface area (Å²) in [6.07, 6.45) is 4.54. The number of likely N-dealkylation sites (tertiary alicyclic amines) is 1. The van der Waals surface area contributed by atoms with Crippen LogP contribution >= 0.6 is 12.6 Å². The van der Waals surface area contributed by atoms with E-state index in [2.05, 4.69) is 17.5 Å². The Hall–Kier alpha value is -0.960. The predicted molar refractivity (Wildman–Crippen MR) is 74.8 cm³/mol. The molecule has 2 fully saturated rings. The molecule has 0 aromatic heterocycles. The lowest BCUT2D eigenvalue weighted by molar-refractivity contribution is -0.129. The van der Waals surface area contributed by atoms with E-state index >= 15 is 0 Å². The molecule has 2 nitrogen and oxygen atoms in total. The lowest BCUT2D eigenvalue weighted by Gasteiger charge is -2.17. The van der Waals surface area contributed by atoms with Gasteiger partial charge in [-0.3, -0.25) is 4.79 Å². The van der Waals surface area contributed by atoms with Crippen molar-refractivity contribution in [3.63, 3.8) is 0 Å². The van der Waals surface area contributed by atoms with Gasteiger partial charge in [-0.05, 0) is 42.4 Å². The summed E-state index contributed by atoms with van der Waals surface area (Å²) in [5.41, 5.74) is 1.09. The molecular weight excluding hydrogens is 242 g/mol. The van der Waals surface area contributed by atoms with Crippen molar-refractivity contribution >= 4 is 18.5 Å². The zero-order valence-electron chi connectivity index (χ0n) is 10.5. The zero-order chi connectivity index (χ0) is 12.5. The van der Waals surface area contributed by atoms with Gasteiger partial charge in [0.05, 0.1) is 6.42 Å². The summed E-state index contributed by atoms with van der Waals surface area (Å²) >= 11 is 4.26. The highest BCUT2D eigenvalue weighted by Crippen LogP contribution is 2.37. The molecule has 3 rings (SSSR count). The molecule has 0 radical (unpaired) electrons. The topological polar surface area (TPSA) is 20.3 Å². The SMILES string of the molecule is O=C(Cc1ccc(S)cc1)N1CC2CCCC2C1. The molecule has 1 aromatic rings. The fourth-order valence-electron chi connectivity index (χ4n) is 3.34. The van der Waals surface area contributed by atoms with Crippen LogP contribution in [0.1, 0.15) is 24.8 Å². The molecule has 0 bridgehead atoms. The molecule has 1 saturated carbocycles. The zero-order valence-corrected chi connectivity index (χ0v) is 11.4. The first-order chi connectivity index (χ1) is 8.72. The number of thiol groups is 1. The Morgan fingerprint density at radius 1 is 1.17 bits per heavy atom. The lowest BCUT2D eigenvalue weighted by atomic mass is 10.0. The molecule has 0 spiro atoms. The number of hydrogen-bond donors (Lipinski definition) is 1. The van der Waals surface area contributed by atoms with Crippen LogP contribution in [0.2, 0.25) is 0 Å². The largest absolute Gasteiger partial charge is 0.342 e. The average molecular weight is 261 g/mol. The Balaban J connectivity index is 1.60. The van der Waals surface area contributed by atoms with Crippen LogP contribution in [-0.2, 0) is 11.2 Å². The van der Waals surface area contributed by atoms with Crippen molar-refractivity contribution < 1.29 is 4.79 Å². The first-order valence-corrected chi connectivity index (χ1v) is 7.23. The van der Waals surface area contributed by atoms with Crippen molar-refractivity contribution in [2.45, 2.75) is 30.6 Å². The van der Waals surface area contributed by atoms with E-state index in [1.54, 1.807) is 0 Å². The van der Waals surface area contributed by atoms with E-state index in [1.165, 1.54) is 19.3 Å². The van der Waals surface area contributed by atoms with Crippen LogP contribution in [0, 0.1) is 11.8 Å². The first kappa shape index (κ1) is 12.1. The van der Waals surface area contributed by atoms with Gasteiger partial charge in [-0.2, -0.15) is 0 Å². The van der Waals surface area contributed by atoms with Gasteiger partial charge in [0.25, 0.3) is 0 Å². The third-order valence-electron chi connectivity index (χ3n) is 4.37. The summed E-state index contributed by atoms with van der Waals surface area (Å²) in [6.45, 7) is 1.99. The molecule has 2 unspecified atom stereocenters. The summed E-state index contributed by atoms with van der Waals surface area (Å²) in [7, 11) is 0. The third-order valence-corrected chi connectivity index (χ3v) is 4.67. The monoisotopic (exact) mass is 261 g/mol. The normalized spacial score (nSPS) is 26.4. The van der Waals surface area contributed by atoms with Gasteiger partial charge in [0.15, 0.2) is 0 Å². The molecule has 18 heavy (non-hydrogen) atoms. The second-order valence-corrected chi connectivity index (χ2v) is 6.11. The maximum absolute atomic E-state index is 12.2. The molecule has 96 valence electrons. The standard InChI is InChI=1S/C15H19NOS/c17-15(8-11-4-6-14(18)7-5-11)16-9-12-2-1-3-13(12)10-16/h4-7,12-13,18H,1-3,8-10H2. The highest BCUT2D eigenvalue weighted by molar-refractivity contribution is 7.80. The second kappa shape index (κ2) is 4.96. The molecular formula is C15H19NOS. The summed E-state index contributed by atoms with van der Waals surface area (Å²) in [4.78, 5) is 15.3. The van der Waals surface area contributed by atoms with Crippen LogP contribution < -0.4 is 0 Å². The Bertz CT molecular complexity index is 430. The smallest absolute Gasteiger partial charge is 0.227 e. The second-order valence-electron chi connectivity index (χ2n) is 5.59. The number of nitrogens with zero attached hydrogens (tertiary/aromatic N) is 1. The number of rotatable bonds is 2. The molecule has 2 aliphatic rings. The fraction of sp³-hybridized carbons (Fsp3) is 0.533. The number of carbonyl (C=O) groups is 1. The maximum Gasteiger partial charge on any atom is 0.227 e. The van der Waals surface area contributed by atoms with Crippen LogP contribution in [0.25, 0.3) is 0 Å². The third kappa shape index (κ3) is 2.41. The van der Waals surface area contributed by atoms with Gasteiger partial charge in [0.2, 0.25) is 5.91 Å². The quantitative estimate of drug-likeness (QED) is 0.812. The van der Waals surface area contributed by atoms with E-state index < -0.39 is 0 Å². The number of carbonyl (C=O) groups excluding carboxylic acids is 1. The number of fused-ring (bicyclic) bond motifs is 1. The molecule has 1 heterocycles. The van der Waals surface area contributed by atoms with Gasteiger partial charge in [0, 0.05) is 18.0 Å².